The van der Waals surface area contributed by atoms with Gasteiger partial charge >= 0.3 is 0 Å². The average Bonchev–Trinajstić information content (AvgIpc) is 4.06. The van der Waals surface area contributed by atoms with Gasteiger partial charge < -0.3 is 19.5 Å². The molecule has 1 N–H and O–H groups in total. The minimum absolute atomic E-state index is 0.00488. The Balaban J connectivity index is 1.000. The molecule has 2 fully saturated rings. The van der Waals surface area contributed by atoms with Gasteiger partial charge in [-0.15, -0.1) is 0 Å². The van der Waals surface area contributed by atoms with Gasteiger partial charge in [0.25, 0.3) is 0 Å². The van der Waals surface area contributed by atoms with Crippen molar-refractivity contribution < 1.29 is 23.6 Å². The number of carbonyl (C=O) groups excluding carboxylic acids is 4. The molecule has 308 valence electrons. The number of likely N-dealkylation sites (N-methyl/N-ethyl adjacent to an activating group) is 2. The first-order valence-electron chi connectivity index (χ1n) is 21.4. The molecule has 2 saturated heterocycles. The molecule has 10 heteroatoms. The fraction of sp³-hybridized carbons (Fsp3) is 0.388. The summed E-state index contributed by atoms with van der Waals surface area (Å²) in [4.78, 5) is 63.6. The number of amides is 3. The molecule has 7 rings (SSSR count). The molecule has 10 nitrogen and oxygen atoms in total. The van der Waals surface area contributed by atoms with Crippen molar-refractivity contribution in [3.05, 3.63) is 126 Å². The lowest BCUT2D eigenvalue weighted by atomic mass is 9.99. The highest BCUT2D eigenvalue weighted by atomic mass is 16.3. The number of benzene rings is 4. The number of nitrogens with one attached hydrogen (secondary N) is 1. The quantitative estimate of drug-likeness (QED) is 0.107. The molecule has 0 unspecified atom stereocenters. The summed E-state index contributed by atoms with van der Waals surface area (Å²) in [7, 11) is 0. The zero-order valence-corrected chi connectivity index (χ0v) is 34.8. The smallest absolute Gasteiger partial charge is 0.247 e. The minimum atomic E-state index is -0.545. The van der Waals surface area contributed by atoms with Crippen molar-refractivity contribution in [1.82, 2.24) is 19.6 Å². The second-order valence-electron chi connectivity index (χ2n) is 15.6. The molecular formula is C49H57N5O5. The molecule has 4 atom stereocenters. The molecule has 2 aliphatic rings. The van der Waals surface area contributed by atoms with Crippen LogP contribution in [-0.4, -0.2) is 94.5 Å². The van der Waals surface area contributed by atoms with Gasteiger partial charge in [-0.2, -0.15) is 0 Å². The maximum Gasteiger partial charge on any atom is 0.247 e. The summed E-state index contributed by atoms with van der Waals surface area (Å²) < 4.78 is 6.24. The number of carbonyl (C=O) groups is 4. The number of likely N-dealkylation sites (tertiary alicyclic amines) is 2. The van der Waals surface area contributed by atoms with Crippen molar-refractivity contribution in [3.63, 3.8) is 0 Å². The van der Waals surface area contributed by atoms with Crippen LogP contribution >= 0.6 is 0 Å². The molecule has 5 aromatic rings. The van der Waals surface area contributed by atoms with Gasteiger partial charge in [0.1, 0.15) is 29.5 Å². The van der Waals surface area contributed by atoms with E-state index in [1.165, 1.54) is 0 Å². The monoisotopic (exact) mass is 795 g/mol. The Bertz CT molecular complexity index is 2210. The van der Waals surface area contributed by atoms with Crippen LogP contribution in [0.4, 0.5) is 5.69 Å². The number of rotatable bonds is 16. The molecule has 3 amide bonds. The lowest BCUT2D eigenvalue weighted by Gasteiger charge is -2.34. The molecule has 0 bridgehead atoms. The van der Waals surface area contributed by atoms with Gasteiger partial charge in [0.2, 0.25) is 17.7 Å². The predicted octanol–water partition coefficient (Wildman–Crippen LogP) is 8.30. The Kier molecular flexibility index (Phi) is 13.4. The first-order valence-corrected chi connectivity index (χ1v) is 21.4. The summed E-state index contributed by atoms with van der Waals surface area (Å²) in [6.45, 7) is 12.3. The highest BCUT2D eigenvalue weighted by Gasteiger charge is 2.40. The fourth-order valence-corrected chi connectivity index (χ4v) is 9.06. The Morgan fingerprint density at radius 3 is 1.73 bits per heavy atom. The van der Waals surface area contributed by atoms with Gasteiger partial charge in [0.15, 0.2) is 5.78 Å². The highest BCUT2D eigenvalue weighted by molar-refractivity contribution is 5.99. The van der Waals surface area contributed by atoms with E-state index in [1.807, 2.05) is 114 Å². The van der Waals surface area contributed by atoms with Gasteiger partial charge in [-0.1, -0.05) is 94.4 Å². The minimum Gasteiger partial charge on any atom is -0.456 e. The Morgan fingerprint density at radius 2 is 1.19 bits per heavy atom. The second kappa shape index (κ2) is 19.0. The molecular weight excluding hydrogens is 739 g/mol. The van der Waals surface area contributed by atoms with Gasteiger partial charge in [0, 0.05) is 36.1 Å². The van der Waals surface area contributed by atoms with Gasteiger partial charge in [-0.3, -0.25) is 29.0 Å². The van der Waals surface area contributed by atoms with Crippen LogP contribution in [0.5, 0.6) is 0 Å². The molecule has 59 heavy (non-hydrogen) atoms. The molecule has 0 spiro atoms. The molecule has 0 radical (unpaired) electrons. The topological polar surface area (TPSA) is 106 Å². The van der Waals surface area contributed by atoms with E-state index in [0.717, 1.165) is 66.7 Å². The van der Waals surface area contributed by atoms with Crippen molar-refractivity contribution in [3.8, 4) is 11.3 Å². The molecule has 3 heterocycles. The predicted molar refractivity (Wildman–Crippen MR) is 233 cm³/mol. The van der Waals surface area contributed by atoms with E-state index in [4.69, 9.17) is 4.42 Å². The van der Waals surface area contributed by atoms with Gasteiger partial charge in [0.05, 0.1) is 6.04 Å². The van der Waals surface area contributed by atoms with Crippen molar-refractivity contribution in [2.45, 2.75) is 84.0 Å². The second-order valence-corrected chi connectivity index (χ2v) is 15.6. The van der Waals surface area contributed by atoms with Crippen LogP contribution in [0.25, 0.3) is 22.3 Å². The summed E-state index contributed by atoms with van der Waals surface area (Å²) in [6, 6.07) is 33.2. The van der Waals surface area contributed by atoms with Crippen molar-refractivity contribution in [2.75, 3.05) is 44.6 Å². The average molecular weight is 796 g/mol. The van der Waals surface area contributed by atoms with E-state index in [-0.39, 0.29) is 29.9 Å². The van der Waals surface area contributed by atoms with Crippen LogP contribution in [-0.2, 0) is 25.6 Å². The Hall–Kier alpha value is -5.58. The summed E-state index contributed by atoms with van der Waals surface area (Å²) in [5, 5.41) is 3.94. The number of Topliss-reactive ketones (excluding diaryl/α,β-unsaturated/α-hetero) is 1. The highest BCUT2D eigenvalue weighted by Crippen LogP contribution is 2.33. The first kappa shape index (κ1) is 41.6. The summed E-state index contributed by atoms with van der Waals surface area (Å²) >= 11 is 0. The van der Waals surface area contributed by atoms with Crippen LogP contribution in [0, 0.1) is 0 Å². The van der Waals surface area contributed by atoms with Crippen LogP contribution < -0.4 is 5.32 Å². The van der Waals surface area contributed by atoms with Crippen LogP contribution in [0.2, 0.25) is 0 Å². The standard InChI is InChI=1S/C49H57N5O5/c1-5-51(6-2)45(36-17-11-9-12-18-36)48(57)53-29-15-21-40(53)42(55)32-34-23-28-43-38(31-34)33-44(59-43)35-24-26-39(27-25-35)50-47(56)41-22-16-30-54(41)49(58)46(52(7-3)8-4)37-19-13-10-14-20-37/h9-14,17-20,23-28,31,33,40-41,45-46H,5-8,15-16,21-22,29-30,32H2,1-4H3,(H,50,56)/t40-,41-,45+,46+/m0/s1. The van der Waals surface area contributed by atoms with Crippen LogP contribution in [0.3, 0.4) is 0 Å². The maximum absolute atomic E-state index is 14.1. The first-order chi connectivity index (χ1) is 28.7. The molecule has 4 aromatic carbocycles. The SMILES string of the molecule is CCN(CC)[C@@H](C(=O)N1CCC[C@H]1C(=O)Cc1ccc2oc(-c3ccc(NC(=O)[C@@H]4CCCN4C(=O)[C@@H](c4ccccc4)N(CC)CC)cc3)cc2c1)c1ccccc1. The zero-order chi connectivity index (χ0) is 41.5. The van der Waals surface area contributed by atoms with E-state index in [9.17, 15) is 19.2 Å². The van der Waals surface area contributed by atoms with Crippen molar-refractivity contribution in [1.29, 1.82) is 0 Å². The van der Waals surface area contributed by atoms with E-state index in [0.29, 0.717) is 43.0 Å². The van der Waals surface area contributed by atoms with E-state index < -0.39 is 24.2 Å². The number of anilines is 1. The number of furan rings is 1. The molecule has 0 saturated carbocycles. The lowest BCUT2D eigenvalue weighted by molar-refractivity contribution is -0.142. The third-order valence-electron chi connectivity index (χ3n) is 12.2. The number of hydrogen-bond donors (Lipinski definition) is 1. The zero-order valence-electron chi connectivity index (χ0n) is 34.8. The summed E-state index contributed by atoms with van der Waals surface area (Å²) in [6.07, 6.45) is 3.09. The van der Waals surface area contributed by atoms with Crippen LogP contribution in [0.15, 0.2) is 114 Å². The van der Waals surface area contributed by atoms with Crippen molar-refractivity contribution in [2.24, 2.45) is 0 Å². The normalized spacial score (nSPS) is 17.8. The van der Waals surface area contributed by atoms with E-state index in [1.54, 1.807) is 4.90 Å². The van der Waals surface area contributed by atoms with Gasteiger partial charge in [-0.05, 0) is 111 Å². The third kappa shape index (κ3) is 9.04. The molecule has 2 aliphatic heterocycles. The Labute approximate surface area is 348 Å². The Morgan fingerprint density at radius 1 is 0.661 bits per heavy atom. The molecule has 1 aromatic heterocycles. The van der Waals surface area contributed by atoms with Gasteiger partial charge in [-0.25, -0.2) is 0 Å². The van der Waals surface area contributed by atoms with Crippen LogP contribution in [0.1, 0.15) is 82.2 Å². The number of hydrogen-bond acceptors (Lipinski definition) is 7. The van der Waals surface area contributed by atoms with E-state index >= 15 is 0 Å². The largest absolute Gasteiger partial charge is 0.456 e. The third-order valence-corrected chi connectivity index (χ3v) is 12.2. The molecule has 0 aliphatic carbocycles. The summed E-state index contributed by atoms with van der Waals surface area (Å²) in [5.74, 6) is 0.491. The summed E-state index contributed by atoms with van der Waals surface area (Å²) in [5.41, 5.74) is 4.96. The number of nitrogens with zero attached hydrogens (tertiary/aromatic N) is 4. The van der Waals surface area contributed by atoms with Crippen molar-refractivity contribution >= 4 is 40.2 Å². The lowest BCUT2D eigenvalue weighted by Crippen LogP contribution is -2.48. The fourth-order valence-electron chi connectivity index (χ4n) is 9.06. The maximum atomic E-state index is 14.1. The van der Waals surface area contributed by atoms with E-state index in [2.05, 4.69) is 42.8 Å². The number of ketones is 1. The number of fused-ring (bicyclic) bond motifs is 1.